The quantitative estimate of drug-likeness (QED) is 0.817. The summed E-state index contributed by atoms with van der Waals surface area (Å²) in [5.41, 5.74) is -0.197. The molecule has 1 aromatic carbocycles. The third-order valence-corrected chi connectivity index (χ3v) is 4.16. The van der Waals surface area contributed by atoms with Crippen molar-refractivity contribution in [1.29, 1.82) is 0 Å². The largest absolute Gasteiger partial charge is 0.450 e. The minimum atomic E-state index is -4.58. The molecular formula is C18H19F3N4O2. The van der Waals surface area contributed by atoms with Crippen molar-refractivity contribution in [2.75, 3.05) is 37.7 Å². The fourth-order valence-electron chi connectivity index (χ4n) is 2.78. The van der Waals surface area contributed by atoms with Gasteiger partial charge in [-0.2, -0.15) is 13.2 Å². The number of benzene rings is 1. The molecule has 9 heteroatoms. The van der Waals surface area contributed by atoms with Gasteiger partial charge >= 0.3 is 12.3 Å². The van der Waals surface area contributed by atoms with Crippen LogP contribution in [-0.2, 0) is 10.9 Å². The van der Waals surface area contributed by atoms with E-state index < -0.39 is 18.0 Å². The number of carbonyl (C=O) groups excluding carboxylic acids is 1. The lowest BCUT2D eigenvalue weighted by Crippen LogP contribution is -2.49. The Balaban J connectivity index is 1.86. The highest BCUT2D eigenvalue weighted by Crippen LogP contribution is 2.32. The molecule has 1 fully saturated rings. The van der Waals surface area contributed by atoms with E-state index in [9.17, 15) is 18.0 Å². The van der Waals surface area contributed by atoms with Gasteiger partial charge < -0.3 is 14.5 Å². The molecule has 3 rings (SSSR count). The van der Waals surface area contributed by atoms with E-state index in [-0.39, 0.29) is 18.2 Å². The third-order valence-electron chi connectivity index (χ3n) is 4.16. The average molecular weight is 380 g/mol. The van der Waals surface area contributed by atoms with Crippen LogP contribution < -0.4 is 4.90 Å². The molecule has 2 heterocycles. The number of rotatable bonds is 3. The summed E-state index contributed by atoms with van der Waals surface area (Å²) in [6.07, 6.45) is -5.00. The van der Waals surface area contributed by atoms with Gasteiger partial charge in [0.1, 0.15) is 0 Å². The summed E-state index contributed by atoms with van der Waals surface area (Å²) in [6, 6.07) is 9.61. The molecule has 0 spiro atoms. The number of aromatic nitrogens is 2. The number of halogens is 3. The molecule has 2 aromatic rings. The van der Waals surface area contributed by atoms with Gasteiger partial charge in [0.2, 0.25) is 5.95 Å². The number of anilines is 1. The Bertz CT molecular complexity index is 791. The zero-order valence-corrected chi connectivity index (χ0v) is 14.7. The Morgan fingerprint density at radius 1 is 1.11 bits per heavy atom. The van der Waals surface area contributed by atoms with E-state index in [0.29, 0.717) is 31.7 Å². The molecule has 27 heavy (non-hydrogen) atoms. The van der Waals surface area contributed by atoms with Gasteiger partial charge in [0.05, 0.1) is 12.3 Å². The fourth-order valence-corrected chi connectivity index (χ4v) is 2.78. The lowest BCUT2D eigenvalue weighted by atomic mass is 10.1. The molecule has 0 unspecified atom stereocenters. The summed E-state index contributed by atoms with van der Waals surface area (Å²) < 4.78 is 44.9. The molecular weight excluding hydrogens is 361 g/mol. The number of alkyl halides is 3. The maximum atomic E-state index is 13.3. The number of piperazine rings is 1. The predicted octanol–water partition coefficient (Wildman–Crippen LogP) is 3.44. The molecule has 1 amide bonds. The standard InChI is InChI=1S/C18H19F3N4O2/c1-2-27-17(26)25-10-8-24(9-11-25)16-22-14(13-6-4-3-5-7-13)12-15(23-16)18(19,20)21/h3-7,12H,2,8-11H2,1H3. The van der Waals surface area contributed by atoms with Crippen LogP contribution in [0.1, 0.15) is 12.6 Å². The van der Waals surface area contributed by atoms with Crippen molar-refractivity contribution >= 4 is 12.0 Å². The molecule has 6 nitrogen and oxygen atoms in total. The molecule has 1 saturated heterocycles. The van der Waals surface area contributed by atoms with Crippen LogP contribution in [0.15, 0.2) is 36.4 Å². The van der Waals surface area contributed by atoms with Crippen molar-refractivity contribution in [2.24, 2.45) is 0 Å². The van der Waals surface area contributed by atoms with Crippen molar-refractivity contribution in [2.45, 2.75) is 13.1 Å². The molecule has 0 N–H and O–H groups in total. The van der Waals surface area contributed by atoms with Gasteiger partial charge in [0.25, 0.3) is 0 Å². The Labute approximate surface area is 154 Å². The molecule has 1 aliphatic rings. The lowest BCUT2D eigenvalue weighted by Gasteiger charge is -2.34. The molecule has 144 valence electrons. The molecule has 0 bridgehead atoms. The van der Waals surface area contributed by atoms with E-state index in [2.05, 4.69) is 9.97 Å². The second-order valence-electron chi connectivity index (χ2n) is 5.98. The Hall–Kier alpha value is -2.84. The van der Waals surface area contributed by atoms with E-state index >= 15 is 0 Å². The number of carbonyl (C=O) groups is 1. The highest BCUT2D eigenvalue weighted by Gasteiger charge is 2.35. The van der Waals surface area contributed by atoms with Crippen LogP contribution in [0.25, 0.3) is 11.3 Å². The Kier molecular flexibility index (Phi) is 5.48. The number of hydrogen-bond donors (Lipinski definition) is 0. The Morgan fingerprint density at radius 3 is 2.37 bits per heavy atom. The van der Waals surface area contributed by atoms with Crippen LogP contribution in [0.4, 0.5) is 23.9 Å². The van der Waals surface area contributed by atoms with Crippen LogP contribution >= 0.6 is 0 Å². The van der Waals surface area contributed by atoms with Crippen LogP contribution in [0.5, 0.6) is 0 Å². The predicted molar refractivity (Wildman–Crippen MR) is 93.3 cm³/mol. The zero-order chi connectivity index (χ0) is 19.4. The first-order valence-corrected chi connectivity index (χ1v) is 8.57. The van der Waals surface area contributed by atoms with Gasteiger partial charge in [-0.25, -0.2) is 14.8 Å². The summed E-state index contributed by atoms with van der Waals surface area (Å²) in [5, 5.41) is 0. The van der Waals surface area contributed by atoms with Gasteiger partial charge in [-0.3, -0.25) is 0 Å². The smallest absolute Gasteiger partial charge is 0.433 e. The maximum absolute atomic E-state index is 13.3. The monoisotopic (exact) mass is 380 g/mol. The summed E-state index contributed by atoms with van der Waals surface area (Å²) in [6.45, 7) is 3.31. The minimum absolute atomic E-state index is 0.00665. The molecule has 0 atom stereocenters. The van der Waals surface area contributed by atoms with Crippen molar-refractivity contribution in [1.82, 2.24) is 14.9 Å². The number of amides is 1. The maximum Gasteiger partial charge on any atom is 0.433 e. The van der Waals surface area contributed by atoms with Gasteiger partial charge in [-0.15, -0.1) is 0 Å². The first-order chi connectivity index (χ1) is 12.9. The molecule has 0 saturated carbocycles. The average Bonchev–Trinajstić information content (AvgIpc) is 2.68. The van der Waals surface area contributed by atoms with E-state index in [1.54, 1.807) is 42.2 Å². The van der Waals surface area contributed by atoms with E-state index in [1.807, 2.05) is 0 Å². The SMILES string of the molecule is CCOC(=O)N1CCN(c2nc(-c3ccccc3)cc(C(F)(F)F)n2)CC1. The van der Waals surface area contributed by atoms with Crippen molar-refractivity contribution in [3.8, 4) is 11.3 Å². The second-order valence-corrected chi connectivity index (χ2v) is 5.98. The fraction of sp³-hybridized carbons (Fsp3) is 0.389. The molecule has 1 aliphatic heterocycles. The highest BCUT2D eigenvalue weighted by molar-refractivity contribution is 5.68. The van der Waals surface area contributed by atoms with E-state index in [0.717, 1.165) is 6.07 Å². The summed E-state index contributed by atoms with van der Waals surface area (Å²) in [4.78, 5) is 23.0. The van der Waals surface area contributed by atoms with Gasteiger partial charge in [0.15, 0.2) is 5.69 Å². The highest BCUT2D eigenvalue weighted by atomic mass is 19.4. The molecule has 0 aliphatic carbocycles. The van der Waals surface area contributed by atoms with Gasteiger partial charge in [-0.1, -0.05) is 30.3 Å². The number of nitrogens with zero attached hydrogens (tertiary/aromatic N) is 4. The molecule has 1 aromatic heterocycles. The van der Waals surface area contributed by atoms with Crippen LogP contribution in [0, 0.1) is 0 Å². The van der Waals surface area contributed by atoms with Gasteiger partial charge in [-0.05, 0) is 13.0 Å². The van der Waals surface area contributed by atoms with Crippen LogP contribution in [0.3, 0.4) is 0 Å². The first kappa shape index (κ1) is 18.9. The van der Waals surface area contributed by atoms with Crippen molar-refractivity contribution < 1.29 is 22.7 Å². The molecule has 0 radical (unpaired) electrons. The topological polar surface area (TPSA) is 58.6 Å². The van der Waals surface area contributed by atoms with Crippen molar-refractivity contribution in [3.63, 3.8) is 0 Å². The number of hydrogen-bond acceptors (Lipinski definition) is 5. The van der Waals surface area contributed by atoms with Crippen LogP contribution in [0.2, 0.25) is 0 Å². The normalized spacial score (nSPS) is 15.0. The summed E-state index contributed by atoms with van der Waals surface area (Å²) in [7, 11) is 0. The lowest BCUT2D eigenvalue weighted by molar-refractivity contribution is -0.141. The second kappa shape index (κ2) is 7.81. The minimum Gasteiger partial charge on any atom is -0.450 e. The Morgan fingerprint density at radius 2 is 1.78 bits per heavy atom. The van der Waals surface area contributed by atoms with Gasteiger partial charge in [0, 0.05) is 31.7 Å². The van der Waals surface area contributed by atoms with E-state index in [1.165, 1.54) is 4.90 Å². The van der Waals surface area contributed by atoms with E-state index in [4.69, 9.17) is 4.74 Å². The first-order valence-electron chi connectivity index (χ1n) is 8.57. The van der Waals surface area contributed by atoms with Crippen molar-refractivity contribution in [3.05, 3.63) is 42.1 Å². The summed E-state index contributed by atoms with van der Waals surface area (Å²) in [5.74, 6) is 0.00665. The number of ether oxygens (including phenoxy) is 1. The zero-order valence-electron chi connectivity index (χ0n) is 14.7. The van der Waals surface area contributed by atoms with Crippen LogP contribution in [-0.4, -0.2) is 53.7 Å². The summed E-state index contributed by atoms with van der Waals surface area (Å²) >= 11 is 0. The third kappa shape index (κ3) is 4.47.